The molecule has 17 heavy (non-hydrogen) atoms. The van der Waals surface area contributed by atoms with Gasteiger partial charge in [-0.05, 0) is 6.07 Å². The quantitative estimate of drug-likeness (QED) is 0.730. The number of quaternary nitrogens is 1. The van der Waals surface area contributed by atoms with Gasteiger partial charge >= 0.3 is 0 Å². The molecular weight excluding hydrogens is 238 g/mol. The van der Waals surface area contributed by atoms with Crippen molar-refractivity contribution in [3.8, 4) is 0 Å². The van der Waals surface area contributed by atoms with E-state index < -0.39 is 9.84 Å². The van der Waals surface area contributed by atoms with Crippen molar-refractivity contribution in [1.29, 1.82) is 0 Å². The highest BCUT2D eigenvalue weighted by Crippen LogP contribution is 2.31. The van der Waals surface area contributed by atoms with E-state index in [4.69, 9.17) is 4.74 Å². The van der Waals surface area contributed by atoms with Gasteiger partial charge in [0.15, 0.2) is 9.84 Å². The van der Waals surface area contributed by atoms with Crippen LogP contribution < -0.4 is 4.90 Å². The molecule has 1 saturated heterocycles. The minimum absolute atomic E-state index is 0.0973. The SMILES string of the molecule is O=S1(=O)C[C@H]([NH+]2CCOCC2)c2ccccc21. The molecule has 0 bridgehead atoms. The molecule has 1 aromatic carbocycles. The molecule has 1 atom stereocenters. The second-order valence-corrected chi connectivity index (χ2v) is 6.65. The monoisotopic (exact) mass is 254 g/mol. The van der Waals surface area contributed by atoms with E-state index in [-0.39, 0.29) is 11.8 Å². The first-order valence-electron chi connectivity index (χ1n) is 5.92. The Balaban J connectivity index is 1.99. The van der Waals surface area contributed by atoms with Crippen LogP contribution in [0.25, 0.3) is 0 Å². The molecule has 0 spiro atoms. The van der Waals surface area contributed by atoms with E-state index in [0.717, 1.165) is 31.9 Å². The van der Waals surface area contributed by atoms with Gasteiger partial charge < -0.3 is 9.64 Å². The molecule has 92 valence electrons. The predicted molar refractivity (Wildman–Crippen MR) is 62.8 cm³/mol. The first-order chi connectivity index (χ1) is 8.18. The zero-order valence-electron chi connectivity index (χ0n) is 9.56. The maximum Gasteiger partial charge on any atom is 0.185 e. The Kier molecular flexibility index (Phi) is 2.69. The Bertz CT molecular complexity index is 520. The number of benzene rings is 1. The highest BCUT2D eigenvalue weighted by molar-refractivity contribution is 7.91. The molecule has 5 heteroatoms. The van der Waals surface area contributed by atoms with E-state index in [9.17, 15) is 8.42 Å². The molecule has 0 unspecified atom stereocenters. The fraction of sp³-hybridized carbons (Fsp3) is 0.500. The number of hydrogen-bond donors (Lipinski definition) is 1. The van der Waals surface area contributed by atoms with Gasteiger partial charge in [-0.2, -0.15) is 0 Å². The predicted octanol–water partition coefficient (Wildman–Crippen LogP) is -0.570. The van der Waals surface area contributed by atoms with Crippen LogP contribution >= 0.6 is 0 Å². The van der Waals surface area contributed by atoms with Crippen LogP contribution in [0, 0.1) is 0 Å². The number of ether oxygens (including phenoxy) is 1. The van der Waals surface area contributed by atoms with Crippen molar-refractivity contribution in [2.75, 3.05) is 32.1 Å². The van der Waals surface area contributed by atoms with E-state index in [1.165, 1.54) is 4.90 Å². The molecule has 0 saturated carbocycles. The Hall–Kier alpha value is -0.910. The lowest BCUT2D eigenvalue weighted by molar-refractivity contribution is -0.936. The summed E-state index contributed by atoms with van der Waals surface area (Å²) in [5.41, 5.74) is 0.990. The molecule has 4 nitrogen and oxygen atoms in total. The Morgan fingerprint density at radius 1 is 1.18 bits per heavy atom. The highest BCUT2D eigenvalue weighted by atomic mass is 32.2. The van der Waals surface area contributed by atoms with E-state index in [0.29, 0.717) is 4.90 Å². The van der Waals surface area contributed by atoms with Crippen LogP contribution in [0.2, 0.25) is 0 Å². The van der Waals surface area contributed by atoms with Crippen LogP contribution in [0.4, 0.5) is 0 Å². The number of morpholine rings is 1. The summed E-state index contributed by atoms with van der Waals surface area (Å²) in [4.78, 5) is 1.87. The maximum atomic E-state index is 12.1. The fourth-order valence-electron chi connectivity index (χ4n) is 2.77. The molecule has 2 heterocycles. The van der Waals surface area contributed by atoms with Crippen molar-refractivity contribution in [1.82, 2.24) is 0 Å². The third-order valence-corrected chi connectivity index (χ3v) is 5.46. The van der Waals surface area contributed by atoms with Crippen molar-refractivity contribution in [2.24, 2.45) is 0 Å². The van der Waals surface area contributed by atoms with Gasteiger partial charge in [0, 0.05) is 5.56 Å². The second kappa shape index (κ2) is 4.08. The highest BCUT2D eigenvalue weighted by Gasteiger charge is 2.40. The lowest BCUT2D eigenvalue weighted by Gasteiger charge is -2.28. The molecule has 1 aromatic rings. The third-order valence-electron chi connectivity index (χ3n) is 3.64. The summed E-state index contributed by atoms with van der Waals surface area (Å²) in [6.07, 6.45) is 0. The molecule has 1 fully saturated rings. The zero-order valence-corrected chi connectivity index (χ0v) is 10.4. The zero-order chi connectivity index (χ0) is 11.9. The smallest absolute Gasteiger partial charge is 0.185 e. The van der Waals surface area contributed by atoms with E-state index in [1.807, 2.05) is 12.1 Å². The van der Waals surface area contributed by atoms with Crippen LogP contribution in [-0.2, 0) is 14.6 Å². The number of fused-ring (bicyclic) bond motifs is 1. The van der Waals surface area contributed by atoms with Gasteiger partial charge in [0.2, 0.25) is 0 Å². The van der Waals surface area contributed by atoms with Crippen molar-refractivity contribution < 1.29 is 18.1 Å². The normalized spacial score (nSPS) is 27.9. The van der Waals surface area contributed by atoms with E-state index in [2.05, 4.69) is 0 Å². The molecule has 0 aromatic heterocycles. The fourth-order valence-corrected chi connectivity index (χ4v) is 4.66. The van der Waals surface area contributed by atoms with E-state index in [1.54, 1.807) is 12.1 Å². The summed E-state index contributed by atoms with van der Waals surface area (Å²) in [5, 5.41) is 0. The minimum Gasteiger partial charge on any atom is -0.370 e. The maximum absolute atomic E-state index is 12.1. The van der Waals surface area contributed by atoms with Gasteiger partial charge in [-0.3, -0.25) is 0 Å². The first-order valence-corrected chi connectivity index (χ1v) is 7.58. The lowest BCUT2D eigenvalue weighted by Crippen LogP contribution is -3.14. The summed E-state index contributed by atoms with van der Waals surface area (Å²) in [7, 11) is -3.07. The molecular formula is C12H16NO3S+. The Labute approximate surface area is 101 Å². The van der Waals surface area contributed by atoms with Crippen molar-refractivity contribution in [3.05, 3.63) is 29.8 Å². The Morgan fingerprint density at radius 3 is 2.65 bits per heavy atom. The first kappa shape index (κ1) is 11.2. The van der Waals surface area contributed by atoms with Gasteiger partial charge in [0.1, 0.15) is 24.9 Å². The molecule has 0 radical (unpaired) electrons. The summed E-state index contributed by atoms with van der Waals surface area (Å²) in [6.45, 7) is 3.26. The number of rotatable bonds is 1. The number of nitrogens with one attached hydrogen (secondary N) is 1. The van der Waals surface area contributed by atoms with Crippen LogP contribution in [0.3, 0.4) is 0 Å². The van der Waals surface area contributed by atoms with Crippen LogP contribution in [0.1, 0.15) is 11.6 Å². The summed E-state index contributed by atoms with van der Waals surface area (Å²) in [5.74, 6) is 0.252. The molecule has 2 aliphatic rings. The van der Waals surface area contributed by atoms with Gasteiger partial charge in [-0.15, -0.1) is 0 Å². The van der Waals surface area contributed by atoms with Gasteiger partial charge in [-0.1, -0.05) is 18.2 Å². The number of sulfone groups is 1. The summed E-state index contributed by atoms with van der Waals surface area (Å²) in [6, 6.07) is 7.50. The molecule has 0 amide bonds. The largest absolute Gasteiger partial charge is 0.370 e. The lowest BCUT2D eigenvalue weighted by atomic mass is 10.1. The van der Waals surface area contributed by atoms with Gasteiger partial charge in [0.25, 0.3) is 0 Å². The molecule has 2 aliphatic heterocycles. The Morgan fingerprint density at radius 2 is 1.88 bits per heavy atom. The third kappa shape index (κ3) is 1.88. The van der Waals surface area contributed by atoms with E-state index >= 15 is 0 Å². The minimum atomic E-state index is -3.07. The molecule has 3 rings (SSSR count). The van der Waals surface area contributed by atoms with Crippen molar-refractivity contribution in [2.45, 2.75) is 10.9 Å². The molecule has 1 N–H and O–H groups in total. The standard InChI is InChI=1S/C12H15NO3S/c14-17(15)9-11(13-5-7-16-8-6-13)10-3-1-2-4-12(10)17/h1-4,11H,5-9H2/p+1/t11-/m0/s1. The number of hydrogen-bond acceptors (Lipinski definition) is 3. The van der Waals surface area contributed by atoms with Gasteiger partial charge in [0.05, 0.1) is 18.1 Å². The van der Waals surface area contributed by atoms with Crippen LogP contribution in [-0.4, -0.2) is 40.5 Å². The summed E-state index contributed by atoms with van der Waals surface area (Å²) >= 11 is 0. The van der Waals surface area contributed by atoms with Crippen LogP contribution in [0.5, 0.6) is 0 Å². The molecule has 0 aliphatic carbocycles. The van der Waals surface area contributed by atoms with Crippen molar-refractivity contribution >= 4 is 9.84 Å². The average Bonchev–Trinajstić information content (AvgIpc) is 2.64. The average molecular weight is 254 g/mol. The topological polar surface area (TPSA) is 47.8 Å². The second-order valence-electron chi connectivity index (χ2n) is 4.64. The van der Waals surface area contributed by atoms with Crippen LogP contribution in [0.15, 0.2) is 29.2 Å². The van der Waals surface area contributed by atoms with Gasteiger partial charge in [-0.25, -0.2) is 8.42 Å². The summed E-state index contributed by atoms with van der Waals surface area (Å²) < 4.78 is 29.5. The van der Waals surface area contributed by atoms with Crippen molar-refractivity contribution in [3.63, 3.8) is 0 Å².